The van der Waals surface area contributed by atoms with Crippen LogP contribution < -0.4 is 29.6 Å². The first-order valence-corrected chi connectivity index (χ1v) is 7.53. The molecule has 0 aromatic carbocycles. The number of hydrogen-bond acceptors (Lipinski definition) is 7. The van der Waals surface area contributed by atoms with Gasteiger partial charge in [0, 0.05) is 4.91 Å². The van der Waals surface area contributed by atoms with Gasteiger partial charge >= 0.3 is 41.5 Å². The SMILES string of the molecule is C.CC(C)(Br)C(=O)OCCO.CC(C)(N=[N+]=[N-])C(=O)OCCO.[N-]=[N+]=[N-].[Na+]. The molecule has 27 heavy (non-hydrogen) atoms. The molecule has 0 atom stereocenters. The van der Waals surface area contributed by atoms with Crippen LogP contribution in [0.25, 0.3) is 26.4 Å². The molecule has 0 unspecified atom stereocenters. The van der Waals surface area contributed by atoms with Gasteiger partial charge in [0.05, 0.1) is 13.2 Å². The average Bonchev–Trinajstić information content (AvgIpc) is 2.50. The fraction of sp³-hybridized carbons (Fsp3) is 0.846. The number of azide groups is 1. The number of rotatable bonds is 7. The van der Waals surface area contributed by atoms with E-state index in [0.29, 0.717) is 0 Å². The number of carbonyl (C=O) groups is 2. The van der Waals surface area contributed by atoms with Crippen molar-refractivity contribution in [2.45, 2.75) is 45.0 Å². The summed E-state index contributed by atoms with van der Waals surface area (Å²) in [5, 5.41) is 19.9. The van der Waals surface area contributed by atoms with E-state index in [1.165, 1.54) is 18.8 Å². The second-order valence-electron chi connectivity index (χ2n) is 5.03. The Bertz CT molecular complexity index is 488. The molecular formula is C13H26BrN6NaO6. The fourth-order valence-electron chi connectivity index (χ4n) is 0.778. The van der Waals surface area contributed by atoms with Crippen LogP contribution in [0.4, 0.5) is 0 Å². The minimum atomic E-state index is -1.20. The van der Waals surface area contributed by atoms with E-state index in [2.05, 4.69) is 35.4 Å². The first-order valence-electron chi connectivity index (χ1n) is 6.74. The molecule has 0 spiro atoms. The largest absolute Gasteiger partial charge is 1.00 e. The first-order chi connectivity index (χ1) is 11.4. The van der Waals surface area contributed by atoms with Crippen LogP contribution in [0, 0.1) is 0 Å². The number of ether oxygens (including phenoxy) is 2. The Hall–Kier alpha value is -1.04. The van der Waals surface area contributed by atoms with Gasteiger partial charge in [-0.25, -0.2) is 0 Å². The predicted octanol–water partition coefficient (Wildman–Crippen LogP) is -0.188. The Labute approximate surface area is 189 Å². The van der Waals surface area contributed by atoms with Crippen molar-refractivity contribution in [1.29, 1.82) is 0 Å². The monoisotopic (exact) mass is 464 g/mol. The van der Waals surface area contributed by atoms with E-state index in [1.807, 2.05) is 0 Å². The van der Waals surface area contributed by atoms with Crippen molar-refractivity contribution in [2.75, 3.05) is 26.4 Å². The Balaban J connectivity index is -0.0000000987. The summed E-state index contributed by atoms with van der Waals surface area (Å²) in [6, 6.07) is 0. The Kier molecular flexibility index (Phi) is 29.0. The third-order valence-corrected chi connectivity index (χ3v) is 2.25. The Morgan fingerprint density at radius 3 is 1.59 bits per heavy atom. The van der Waals surface area contributed by atoms with Crippen LogP contribution in [-0.4, -0.2) is 58.4 Å². The number of alkyl halides is 1. The van der Waals surface area contributed by atoms with Gasteiger partial charge in [0.2, 0.25) is 0 Å². The molecule has 0 amide bonds. The molecule has 0 aromatic rings. The van der Waals surface area contributed by atoms with Gasteiger partial charge in [-0.3, -0.25) is 14.5 Å². The summed E-state index contributed by atoms with van der Waals surface area (Å²) in [4.78, 5) is 25.9. The number of nitrogens with zero attached hydrogens (tertiary/aromatic N) is 6. The van der Waals surface area contributed by atoms with Crippen molar-refractivity contribution in [1.82, 2.24) is 0 Å². The molecule has 2 N–H and O–H groups in total. The fourth-order valence-corrected chi connectivity index (χ4v) is 0.892. The summed E-state index contributed by atoms with van der Waals surface area (Å²) in [5.74, 6) is -1.00. The molecule has 0 bridgehead atoms. The van der Waals surface area contributed by atoms with Gasteiger partial charge in [0.1, 0.15) is 23.1 Å². The topological polar surface area (TPSA) is 201 Å². The van der Waals surface area contributed by atoms with Gasteiger partial charge in [0.15, 0.2) is 0 Å². The van der Waals surface area contributed by atoms with Crippen LogP contribution in [0.5, 0.6) is 0 Å². The van der Waals surface area contributed by atoms with Crippen LogP contribution in [0.3, 0.4) is 0 Å². The van der Waals surface area contributed by atoms with Gasteiger partial charge in [-0.2, -0.15) is 0 Å². The zero-order valence-electron chi connectivity index (χ0n) is 15.4. The minimum Gasteiger partial charge on any atom is -0.463 e. The average molecular weight is 465 g/mol. The van der Waals surface area contributed by atoms with E-state index in [0.717, 1.165) is 0 Å². The molecule has 0 radical (unpaired) electrons. The molecular weight excluding hydrogens is 439 g/mol. The van der Waals surface area contributed by atoms with Crippen molar-refractivity contribution in [3.05, 3.63) is 26.4 Å². The molecule has 0 aromatic heterocycles. The predicted molar refractivity (Wildman–Crippen MR) is 99.1 cm³/mol. The van der Waals surface area contributed by atoms with E-state index in [1.54, 1.807) is 13.8 Å². The van der Waals surface area contributed by atoms with Gasteiger partial charge in [-0.15, -0.1) is 0 Å². The van der Waals surface area contributed by atoms with E-state index >= 15 is 0 Å². The molecule has 0 heterocycles. The van der Waals surface area contributed by atoms with Crippen LogP contribution >= 0.6 is 15.9 Å². The summed E-state index contributed by atoms with van der Waals surface area (Å²) in [6.07, 6.45) is 0. The zero-order valence-corrected chi connectivity index (χ0v) is 19.0. The molecule has 0 aliphatic heterocycles. The molecule has 0 rings (SSSR count). The van der Waals surface area contributed by atoms with Crippen molar-refractivity contribution in [3.8, 4) is 0 Å². The van der Waals surface area contributed by atoms with Crippen LogP contribution in [-0.2, 0) is 19.1 Å². The Morgan fingerprint density at radius 2 is 1.33 bits per heavy atom. The molecule has 0 aliphatic carbocycles. The maximum Gasteiger partial charge on any atom is 1.00 e. The van der Waals surface area contributed by atoms with E-state index < -0.39 is 15.8 Å². The third-order valence-electron chi connectivity index (χ3n) is 1.93. The maximum absolute atomic E-state index is 11.0. The van der Waals surface area contributed by atoms with Crippen molar-refractivity contribution >= 4 is 27.9 Å². The van der Waals surface area contributed by atoms with E-state index in [9.17, 15) is 9.59 Å². The summed E-state index contributed by atoms with van der Waals surface area (Å²) >= 11 is 3.12. The van der Waals surface area contributed by atoms with Crippen molar-refractivity contribution in [2.24, 2.45) is 5.11 Å². The Morgan fingerprint density at radius 1 is 1.00 bits per heavy atom. The van der Waals surface area contributed by atoms with Gasteiger partial charge in [0.25, 0.3) is 0 Å². The smallest absolute Gasteiger partial charge is 0.463 e. The maximum atomic E-state index is 11.0. The number of esters is 2. The molecule has 0 aliphatic rings. The summed E-state index contributed by atoms with van der Waals surface area (Å²) in [7, 11) is 0. The molecule has 152 valence electrons. The van der Waals surface area contributed by atoms with Gasteiger partial charge < -0.3 is 30.7 Å². The zero-order chi connectivity index (χ0) is 20.5. The summed E-state index contributed by atoms with van der Waals surface area (Å²) < 4.78 is 8.52. The third kappa shape index (κ3) is 25.0. The van der Waals surface area contributed by atoms with Gasteiger partial charge in [-0.1, -0.05) is 28.5 Å². The van der Waals surface area contributed by atoms with E-state index in [4.69, 9.17) is 26.8 Å². The quantitative estimate of drug-likeness (QED) is 0.130. The number of aliphatic hydroxyl groups excluding tert-OH is 2. The number of halogens is 1. The van der Waals surface area contributed by atoms with Crippen LogP contribution in [0.1, 0.15) is 35.1 Å². The molecule has 0 saturated heterocycles. The molecule has 0 saturated carbocycles. The molecule has 14 heteroatoms. The number of hydrogen-bond donors (Lipinski definition) is 2. The van der Waals surface area contributed by atoms with Crippen LogP contribution in [0.15, 0.2) is 5.11 Å². The summed E-state index contributed by atoms with van der Waals surface area (Å²) in [5.41, 5.74) is 20.4. The van der Waals surface area contributed by atoms with E-state index in [-0.39, 0.29) is 69.4 Å². The second-order valence-corrected chi connectivity index (χ2v) is 7.01. The summed E-state index contributed by atoms with van der Waals surface area (Å²) in [6.45, 7) is 5.86. The van der Waals surface area contributed by atoms with Crippen molar-refractivity contribution < 1.29 is 58.8 Å². The molecule has 12 nitrogen and oxygen atoms in total. The molecule has 0 fully saturated rings. The first kappa shape index (κ1) is 36.8. The van der Waals surface area contributed by atoms with Gasteiger partial charge in [-0.05, 0) is 33.2 Å². The number of carbonyl (C=O) groups excluding carboxylic acids is 2. The normalized spacial score (nSPS) is 9.00. The second kappa shape index (κ2) is 21.3. The number of aliphatic hydroxyl groups is 2. The minimum absolute atomic E-state index is 0. The standard InChI is InChI=1S/C6H11BrO3.C6H11N3O3.CH4.N3.Na/c1-6(2,7)5(9)10-4-3-8;1-6(2,8-9-7)5(11)12-4-3-10;;1-3-2;/h8H,3-4H2,1-2H3;10H,3-4H2,1-2H3;1H4;;/q;;;-1;+1. The van der Waals surface area contributed by atoms with Crippen LogP contribution in [0.2, 0.25) is 0 Å². The van der Waals surface area contributed by atoms with Crippen molar-refractivity contribution in [3.63, 3.8) is 0 Å².